The van der Waals surface area contributed by atoms with Gasteiger partial charge in [0.15, 0.2) is 0 Å². The minimum Gasteiger partial charge on any atom is -0.382 e. The highest BCUT2D eigenvalue weighted by Gasteiger charge is 2.18. The van der Waals surface area contributed by atoms with Crippen molar-refractivity contribution >= 4 is 27.3 Å². The summed E-state index contributed by atoms with van der Waals surface area (Å²) >= 11 is 3.57. The zero-order valence-corrected chi connectivity index (χ0v) is 10.1. The zero-order chi connectivity index (χ0) is 10.1. The summed E-state index contributed by atoms with van der Waals surface area (Å²) < 4.78 is 1.15. The number of halogens is 1. The summed E-state index contributed by atoms with van der Waals surface area (Å²) in [7, 11) is 2.16. The molecular formula is C11H15BrN2. The molecule has 0 saturated heterocycles. The first-order valence-corrected chi connectivity index (χ1v) is 5.74. The Kier molecular flexibility index (Phi) is 2.68. The summed E-state index contributed by atoms with van der Waals surface area (Å²) in [6, 6.07) is 6.92. The second-order valence-electron chi connectivity index (χ2n) is 3.81. The monoisotopic (exact) mass is 254 g/mol. The van der Waals surface area contributed by atoms with Crippen molar-refractivity contribution in [2.75, 3.05) is 23.8 Å². The van der Waals surface area contributed by atoms with Crippen molar-refractivity contribution in [2.24, 2.45) is 0 Å². The normalized spacial score (nSPS) is 21.1. The molecule has 0 radical (unpaired) electrons. The molecule has 1 aliphatic rings. The second kappa shape index (κ2) is 3.81. The Balaban J connectivity index is 2.48. The van der Waals surface area contributed by atoms with E-state index in [9.17, 15) is 0 Å². The molecular weight excluding hydrogens is 240 g/mol. The molecule has 1 unspecified atom stereocenters. The van der Waals surface area contributed by atoms with Crippen molar-refractivity contribution in [2.45, 2.75) is 19.4 Å². The van der Waals surface area contributed by atoms with Crippen LogP contribution in [0.1, 0.15) is 13.3 Å². The van der Waals surface area contributed by atoms with Crippen molar-refractivity contribution in [3.05, 3.63) is 22.7 Å². The van der Waals surface area contributed by atoms with E-state index in [0.717, 1.165) is 11.0 Å². The van der Waals surface area contributed by atoms with Crippen LogP contribution in [0.15, 0.2) is 22.7 Å². The van der Waals surface area contributed by atoms with Crippen molar-refractivity contribution in [1.29, 1.82) is 0 Å². The van der Waals surface area contributed by atoms with Crippen molar-refractivity contribution in [3.8, 4) is 0 Å². The van der Waals surface area contributed by atoms with Gasteiger partial charge in [0, 0.05) is 24.1 Å². The molecule has 3 heteroatoms. The maximum atomic E-state index is 3.57. The predicted molar refractivity (Wildman–Crippen MR) is 65.1 cm³/mol. The van der Waals surface area contributed by atoms with Crippen LogP contribution in [0, 0.1) is 0 Å². The van der Waals surface area contributed by atoms with Crippen LogP contribution in [-0.2, 0) is 0 Å². The molecule has 14 heavy (non-hydrogen) atoms. The molecule has 76 valence electrons. The number of anilines is 2. The number of rotatable bonds is 0. The van der Waals surface area contributed by atoms with Gasteiger partial charge in [-0.15, -0.1) is 0 Å². The van der Waals surface area contributed by atoms with E-state index >= 15 is 0 Å². The minimum atomic E-state index is 0.595. The molecule has 1 aliphatic heterocycles. The van der Waals surface area contributed by atoms with E-state index in [1.807, 2.05) is 0 Å². The van der Waals surface area contributed by atoms with Gasteiger partial charge in [-0.2, -0.15) is 0 Å². The SMILES string of the molecule is CC1CCNc2c(Br)cccc2N1C. The fourth-order valence-electron chi connectivity index (χ4n) is 1.82. The first-order valence-electron chi connectivity index (χ1n) is 4.95. The highest BCUT2D eigenvalue weighted by Crippen LogP contribution is 2.35. The molecule has 2 rings (SSSR count). The van der Waals surface area contributed by atoms with E-state index in [1.165, 1.54) is 17.8 Å². The minimum absolute atomic E-state index is 0.595. The molecule has 0 fully saturated rings. The summed E-state index contributed by atoms with van der Waals surface area (Å²) in [5, 5.41) is 3.47. The first-order chi connectivity index (χ1) is 6.70. The Labute approximate surface area is 93.4 Å². The first kappa shape index (κ1) is 9.84. The van der Waals surface area contributed by atoms with Crippen molar-refractivity contribution in [3.63, 3.8) is 0 Å². The van der Waals surface area contributed by atoms with E-state index in [-0.39, 0.29) is 0 Å². The highest BCUT2D eigenvalue weighted by molar-refractivity contribution is 9.10. The van der Waals surface area contributed by atoms with E-state index < -0.39 is 0 Å². The lowest BCUT2D eigenvalue weighted by molar-refractivity contribution is 0.657. The molecule has 1 aromatic rings. The van der Waals surface area contributed by atoms with Gasteiger partial charge in [-0.25, -0.2) is 0 Å². The predicted octanol–water partition coefficient (Wildman–Crippen LogP) is 3.09. The number of benzene rings is 1. The van der Waals surface area contributed by atoms with Crippen LogP contribution in [0.4, 0.5) is 11.4 Å². The average Bonchev–Trinajstić information content (AvgIpc) is 2.31. The van der Waals surface area contributed by atoms with Gasteiger partial charge in [-0.3, -0.25) is 0 Å². The van der Waals surface area contributed by atoms with Crippen LogP contribution < -0.4 is 10.2 Å². The summed E-state index contributed by atoms with van der Waals surface area (Å²) in [5.74, 6) is 0. The summed E-state index contributed by atoms with van der Waals surface area (Å²) in [6.45, 7) is 3.30. The van der Waals surface area contributed by atoms with E-state index in [1.54, 1.807) is 0 Å². The van der Waals surface area contributed by atoms with Gasteiger partial charge >= 0.3 is 0 Å². The van der Waals surface area contributed by atoms with Crippen molar-refractivity contribution in [1.82, 2.24) is 0 Å². The molecule has 0 amide bonds. The molecule has 0 bridgehead atoms. The Morgan fingerprint density at radius 1 is 1.50 bits per heavy atom. The van der Waals surface area contributed by atoms with Gasteiger partial charge in [-0.05, 0) is 41.4 Å². The molecule has 0 aliphatic carbocycles. The number of para-hydroxylation sites is 1. The summed E-state index contributed by atoms with van der Waals surface area (Å²) in [6.07, 6.45) is 1.18. The maximum Gasteiger partial charge on any atom is 0.0722 e. The maximum absolute atomic E-state index is 3.57. The van der Waals surface area contributed by atoms with E-state index in [0.29, 0.717) is 6.04 Å². The van der Waals surface area contributed by atoms with E-state index in [2.05, 4.69) is 58.3 Å². The molecule has 1 heterocycles. The number of nitrogens with one attached hydrogen (secondary N) is 1. The van der Waals surface area contributed by atoms with Crippen LogP contribution in [0.3, 0.4) is 0 Å². The number of nitrogens with zero attached hydrogens (tertiary/aromatic N) is 1. The van der Waals surface area contributed by atoms with Crippen LogP contribution in [0.25, 0.3) is 0 Å². The van der Waals surface area contributed by atoms with Gasteiger partial charge in [0.1, 0.15) is 0 Å². The van der Waals surface area contributed by atoms with Gasteiger partial charge in [0.25, 0.3) is 0 Å². The Morgan fingerprint density at radius 2 is 2.29 bits per heavy atom. The van der Waals surface area contributed by atoms with Gasteiger partial charge < -0.3 is 10.2 Å². The van der Waals surface area contributed by atoms with Gasteiger partial charge in [0.2, 0.25) is 0 Å². The van der Waals surface area contributed by atoms with Crippen LogP contribution in [-0.4, -0.2) is 19.6 Å². The third-order valence-corrected chi connectivity index (χ3v) is 3.56. The lowest BCUT2D eigenvalue weighted by Crippen LogP contribution is -2.28. The van der Waals surface area contributed by atoms with E-state index in [4.69, 9.17) is 0 Å². The fraction of sp³-hybridized carbons (Fsp3) is 0.455. The average molecular weight is 255 g/mol. The number of fused-ring (bicyclic) bond motifs is 1. The third-order valence-electron chi connectivity index (χ3n) is 2.90. The smallest absolute Gasteiger partial charge is 0.0722 e. The number of hydrogen-bond acceptors (Lipinski definition) is 2. The molecule has 1 atom stereocenters. The van der Waals surface area contributed by atoms with Gasteiger partial charge in [0.05, 0.1) is 11.4 Å². The lowest BCUT2D eigenvalue weighted by atomic mass is 10.2. The highest BCUT2D eigenvalue weighted by atomic mass is 79.9. The standard InChI is InChI=1S/C11H15BrN2/c1-8-6-7-13-11-9(12)4-3-5-10(11)14(8)2/h3-5,8,13H,6-7H2,1-2H3. The Hall–Kier alpha value is -0.700. The molecule has 1 N–H and O–H groups in total. The molecule has 0 saturated carbocycles. The molecule has 1 aromatic carbocycles. The second-order valence-corrected chi connectivity index (χ2v) is 4.66. The summed E-state index contributed by atoms with van der Waals surface area (Å²) in [5.41, 5.74) is 2.50. The Bertz CT molecular complexity index is 338. The Morgan fingerprint density at radius 3 is 3.07 bits per heavy atom. The quantitative estimate of drug-likeness (QED) is 0.766. The third kappa shape index (κ3) is 1.61. The summed E-state index contributed by atoms with van der Waals surface area (Å²) in [4.78, 5) is 2.33. The fourth-order valence-corrected chi connectivity index (χ4v) is 2.31. The van der Waals surface area contributed by atoms with Crippen LogP contribution in [0.5, 0.6) is 0 Å². The molecule has 0 aromatic heterocycles. The van der Waals surface area contributed by atoms with Gasteiger partial charge in [-0.1, -0.05) is 6.07 Å². The number of hydrogen-bond donors (Lipinski definition) is 1. The molecule has 0 spiro atoms. The topological polar surface area (TPSA) is 15.3 Å². The van der Waals surface area contributed by atoms with Crippen molar-refractivity contribution < 1.29 is 0 Å². The molecule has 2 nitrogen and oxygen atoms in total. The lowest BCUT2D eigenvalue weighted by Gasteiger charge is -2.25. The van der Waals surface area contributed by atoms with Crippen LogP contribution in [0.2, 0.25) is 0 Å². The van der Waals surface area contributed by atoms with Crippen LogP contribution >= 0.6 is 15.9 Å². The zero-order valence-electron chi connectivity index (χ0n) is 8.55. The largest absolute Gasteiger partial charge is 0.382 e.